The number of carbonyl (C=O) groups is 2. The summed E-state index contributed by atoms with van der Waals surface area (Å²) in [6, 6.07) is 5.32. The molecule has 0 saturated heterocycles. The first-order valence-corrected chi connectivity index (χ1v) is 8.31. The molecule has 1 aliphatic heterocycles. The van der Waals surface area contributed by atoms with E-state index in [1.54, 1.807) is 42.0 Å². The Morgan fingerprint density at radius 2 is 2.12 bits per heavy atom. The molecule has 25 heavy (non-hydrogen) atoms. The van der Waals surface area contributed by atoms with Crippen LogP contribution >= 0.6 is 0 Å². The fraction of sp³-hybridized carbons (Fsp3) is 0.389. The summed E-state index contributed by atoms with van der Waals surface area (Å²) in [5, 5.41) is 0. The quantitative estimate of drug-likeness (QED) is 0.780. The SMILES string of the molecule is CCCN1Cc2c(C(=O)OCC)ncn2-c2ccc(OC)cc2C1=O. The largest absolute Gasteiger partial charge is 0.497 e. The van der Waals surface area contributed by atoms with E-state index in [2.05, 4.69) is 4.98 Å². The molecule has 7 heteroatoms. The molecule has 0 bridgehead atoms. The lowest BCUT2D eigenvalue weighted by atomic mass is 10.1. The van der Waals surface area contributed by atoms with E-state index in [0.717, 1.165) is 6.42 Å². The number of aromatic nitrogens is 2. The van der Waals surface area contributed by atoms with Crippen LogP contribution in [0.3, 0.4) is 0 Å². The van der Waals surface area contributed by atoms with Crippen LogP contribution in [0.4, 0.5) is 0 Å². The number of nitrogens with zero attached hydrogens (tertiary/aromatic N) is 3. The predicted octanol–water partition coefficient (Wildman–Crippen LogP) is 2.42. The van der Waals surface area contributed by atoms with E-state index < -0.39 is 5.97 Å². The first-order valence-electron chi connectivity index (χ1n) is 8.31. The van der Waals surface area contributed by atoms with E-state index in [1.165, 1.54) is 0 Å². The average molecular weight is 343 g/mol. The van der Waals surface area contributed by atoms with Gasteiger partial charge in [-0.1, -0.05) is 6.92 Å². The van der Waals surface area contributed by atoms with Gasteiger partial charge in [-0.25, -0.2) is 9.78 Å². The van der Waals surface area contributed by atoms with Crippen LogP contribution in [0.15, 0.2) is 24.5 Å². The number of ether oxygens (including phenoxy) is 2. The molecule has 0 spiro atoms. The number of hydrogen-bond donors (Lipinski definition) is 0. The lowest BCUT2D eigenvalue weighted by Gasteiger charge is -2.20. The zero-order chi connectivity index (χ0) is 18.0. The van der Waals surface area contributed by atoms with Crippen LogP contribution in [-0.4, -0.2) is 46.6 Å². The summed E-state index contributed by atoms with van der Waals surface area (Å²) in [6.45, 7) is 4.92. The van der Waals surface area contributed by atoms with Crippen LogP contribution < -0.4 is 4.74 Å². The fourth-order valence-corrected chi connectivity index (χ4v) is 3.00. The molecule has 0 unspecified atom stereocenters. The molecule has 2 heterocycles. The number of esters is 1. The van der Waals surface area contributed by atoms with Crippen molar-refractivity contribution in [3.63, 3.8) is 0 Å². The highest BCUT2D eigenvalue weighted by atomic mass is 16.5. The van der Waals surface area contributed by atoms with Gasteiger partial charge in [0.15, 0.2) is 5.69 Å². The maximum Gasteiger partial charge on any atom is 0.358 e. The third kappa shape index (κ3) is 2.97. The van der Waals surface area contributed by atoms with Crippen LogP contribution in [0.5, 0.6) is 5.75 Å². The molecule has 0 aliphatic carbocycles. The molecule has 2 aromatic rings. The molecule has 0 radical (unpaired) electrons. The van der Waals surface area contributed by atoms with Gasteiger partial charge in [-0.15, -0.1) is 0 Å². The Bertz CT molecular complexity index is 813. The van der Waals surface area contributed by atoms with Gasteiger partial charge in [0.1, 0.15) is 12.1 Å². The molecule has 1 aromatic heterocycles. The Balaban J connectivity index is 2.17. The van der Waals surface area contributed by atoms with Gasteiger partial charge in [-0.05, 0) is 31.5 Å². The van der Waals surface area contributed by atoms with Crippen LogP contribution in [0.25, 0.3) is 5.69 Å². The molecule has 3 rings (SSSR count). The number of rotatable bonds is 5. The van der Waals surface area contributed by atoms with E-state index in [4.69, 9.17) is 9.47 Å². The van der Waals surface area contributed by atoms with Gasteiger partial charge in [0.05, 0.1) is 37.2 Å². The van der Waals surface area contributed by atoms with Crippen molar-refractivity contribution in [2.24, 2.45) is 0 Å². The Kier molecular flexibility index (Phi) is 4.74. The Morgan fingerprint density at radius 3 is 2.80 bits per heavy atom. The van der Waals surface area contributed by atoms with Crippen molar-refractivity contribution in [2.45, 2.75) is 26.8 Å². The van der Waals surface area contributed by atoms with Crippen molar-refractivity contribution in [3.8, 4) is 11.4 Å². The van der Waals surface area contributed by atoms with Gasteiger partial charge in [-0.3, -0.25) is 9.36 Å². The maximum atomic E-state index is 13.0. The number of carbonyl (C=O) groups excluding carboxylic acids is 2. The molecular weight excluding hydrogens is 322 g/mol. The summed E-state index contributed by atoms with van der Waals surface area (Å²) in [5.74, 6) is 0.0455. The number of benzene rings is 1. The van der Waals surface area contributed by atoms with Crippen molar-refractivity contribution < 1.29 is 19.1 Å². The highest BCUT2D eigenvalue weighted by Gasteiger charge is 2.30. The molecule has 1 amide bonds. The highest BCUT2D eigenvalue weighted by molar-refractivity contribution is 5.99. The van der Waals surface area contributed by atoms with Crippen molar-refractivity contribution >= 4 is 11.9 Å². The van der Waals surface area contributed by atoms with Gasteiger partial charge in [-0.2, -0.15) is 0 Å². The van der Waals surface area contributed by atoms with E-state index in [9.17, 15) is 9.59 Å². The Hall–Kier alpha value is -2.83. The van der Waals surface area contributed by atoms with Crippen molar-refractivity contribution in [1.82, 2.24) is 14.5 Å². The minimum absolute atomic E-state index is 0.0886. The van der Waals surface area contributed by atoms with Gasteiger partial charge in [0.25, 0.3) is 5.91 Å². The smallest absolute Gasteiger partial charge is 0.358 e. The molecule has 0 N–H and O–H groups in total. The maximum absolute atomic E-state index is 13.0. The molecule has 0 fully saturated rings. The van der Waals surface area contributed by atoms with Crippen molar-refractivity contribution in [1.29, 1.82) is 0 Å². The number of amides is 1. The summed E-state index contributed by atoms with van der Waals surface area (Å²) in [5.41, 5.74) is 2.12. The lowest BCUT2D eigenvalue weighted by molar-refractivity contribution is 0.0515. The number of methoxy groups -OCH3 is 1. The topological polar surface area (TPSA) is 73.7 Å². The highest BCUT2D eigenvalue weighted by Crippen LogP contribution is 2.29. The minimum Gasteiger partial charge on any atom is -0.497 e. The van der Waals surface area contributed by atoms with E-state index in [1.807, 2.05) is 13.0 Å². The number of hydrogen-bond acceptors (Lipinski definition) is 5. The molecule has 1 aromatic carbocycles. The van der Waals surface area contributed by atoms with Gasteiger partial charge in [0, 0.05) is 6.54 Å². The monoisotopic (exact) mass is 343 g/mol. The number of imidazole rings is 1. The fourth-order valence-electron chi connectivity index (χ4n) is 3.00. The molecule has 7 nitrogen and oxygen atoms in total. The van der Waals surface area contributed by atoms with E-state index in [-0.39, 0.29) is 18.2 Å². The standard InChI is InChI=1S/C18H21N3O4/c1-4-8-20-10-15-16(18(23)25-5-2)19-11-21(15)14-7-6-12(24-3)9-13(14)17(20)22/h6-7,9,11H,4-5,8,10H2,1-3H3. The summed E-state index contributed by atoms with van der Waals surface area (Å²) < 4.78 is 12.1. The van der Waals surface area contributed by atoms with Gasteiger partial charge in [0.2, 0.25) is 0 Å². The zero-order valence-electron chi connectivity index (χ0n) is 14.6. The van der Waals surface area contributed by atoms with Crippen LogP contribution in [0.1, 0.15) is 46.8 Å². The first kappa shape index (κ1) is 17.0. The van der Waals surface area contributed by atoms with E-state index in [0.29, 0.717) is 35.8 Å². The molecule has 0 saturated carbocycles. The van der Waals surface area contributed by atoms with Crippen molar-refractivity contribution in [2.75, 3.05) is 20.3 Å². The summed E-state index contributed by atoms with van der Waals surface area (Å²) >= 11 is 0. The second kappa shape index (κ2) is 6.96. The van der Waals surface area contributed by atoms with E-state index >= 15 is 0 Å². The number of fused-ring (bicyclic) bond motifs is 3. The molecule has 0 atom stereocenters. The zero-order valence-corrected chi connectivity index (χ0v) is 14.6. The summed E-state index contributed by atoms with van der Waals surface area (Å²) in [6.07, 6.45) is 2.38. The normalized spacial score (nSPS) is 13.1. The summed E-state index contributed by atoms with van der Waals surface area (Å²) in [4.78, 5) is 31.2. The van der Waals surface area contributed by atoms with Crippen LogP contribution in [-0.2, 0) is 11.3 Å². The molecular formula is C18H21N3O4. The average Bonchev–Trinajstić information content (AvgIpc) is 2.99. The van der Waals surface area contributed by atoms with Crippen LogP contribution in [0, 0.1) is 0 Å². The third-order valence-electron chi connectivity index (χ3n) is 4.15. The second-order valence-corrected chi connectivity index (χ2v) is 5.74. The third-order valence-corrected chi connectivity index (χ3v) is 4.15. The predicted molar refractivity (Wildman–Crippen MR) is 91.1 cm³/mol. The lowest BCUT2D eigenvalue weighted by Crippen LogP contribution is -2.31. The Labute approximate surface area is 146 Å². The van der Waals surface area contributed by atoms with Gasteiger partial charge >= 0.3 is 5.97 Å². The second-order valence-electron chi connectivity index (χ2n) is 5.74. The summed E-state index contributed by atoms with van der Waals surface area (Å²) in [7, 11) is 1.56. The van der Waals surface area contributed by atoms with Gasteiger partial charge < -0.3 is 14.4 Å². The first-order chi connectivity index (χ1) is 12.1. The molecule has 1 aliphatic rings. The minimum atomic E-state index is -0.475. The molecule has 132 valence electrons. The Morgan fingerprint density at radius 1 is 1.32 bits per heavy atom. The van der Waals surface area contributed by atoms with Crippen molar-refractivity contribution in [3.05, 3.63) is 41.5 Å². The van der Waals surface area contributed by atoms with Crippen LogP contribution in [0.2, 0.25) is 0 Å².